The molecule has 0 aromatic carbocycles. The molecule has 1 fully saturated rings. The first-order valence-corrected chi connectivity index (χ1v) is 12.2. The Labute approximate surface area is 184 Å². The number of thiazole rings is 1. The van der Waals surface area contributed by atoms with Crippen LogP contribution >= 0.6 is 34.7 Å². The fourth-order valence-corrected chi connectivity index (χ4v) is 5.19. The van der Waals surface area contributed by atoms with Crippen LogP contribution in [0, 0.1) is 0 Å². The molecule has 0 bridgehead atoms. The van der Waals surface area contributed by atoms with Crippen LogP contribution in [-0.4, -0.2) is 88.4 Å². The van der Waals surface area contributed by atoms with Gasteiger partial charge in [0, 0.05) is 11.1 Å². The van der Waals surface area contributed by atoms with E-state index in [0.717, 1.165) is 11.3 Å². The Balaban J connectivity index is 2.22. The number of carbonyl (C=O) groups is 2. The van der Waals surface area contributed by atoms with Gasteiger partial charge in [-0.05, 0) is 6.26 Å². The highest BCUT2D eigenvalue weighted by Gasteiger charge is 2.56. The molecule has 2 rings (SSSR count). The number of oxime groups is 1. The molecule has 1 saturated heterocycles. The third kappa shape index (κ3) is 5.58. The number of nitrogens with zero attached hydrogens (tertiary/aromatic N) is 3. The van der Waals surface area contributed by atoms with Gasteiger partial charge in [-0.3, -0.25) is 19.4 Å². The standard InChI is InChI=1S/C13H18ClN5O8S3/c1-26-18-9(6-4-29-13(15-6)16-8(20)3-14)11(21)17-10-7(5-28-2)19(12(10)27-22)30(23,24)25/h4,7,10,12,22H,3,5H2,1-2H3,(H,17,21)(H,15,16,20)(H,23,24,25)/b18-9-. The number of halogens is 1. The van der Waals surface area contributed by atoms with E-state index in [4.69, 9.17) is 16.9 Å². The van der Waals surface area contributed by atoms with E-state index in [1.54, 1.807) is 6.26 Å². The summed E-state index contributed by atoms with van der Waals surface area (Å²) in [5, 5.41) is 19.2. The number of anilines is 1. The number of amides is 2. The molecule has 4 N–H and O–H groups in total. The van der Waals surface area contributed by atoms with Gasteiger partial charge in [-0.25, -0.2) is 9.87 Å². The molecule has 13 nitrogen and oxygen atoms in total. The normalized spacial score (nSPS) is 22.3. The Morgan fingerprint density at radius 2 is 2.20 bits per heavy atom. The molecule has 2 amide bonds. The van der Waals surface area contributed by atoms with E-state index in [1.807, 2.05) is 0 Å². The lowest BCUT2D eigenvalue weighted by Gasteiger charge is -2.49. The number of hydrogen-bond donors (Lipinski definition) is 4. The predicted molar refractivity (Wildman–Crippen MR) is 110 cm³/mol. The molecule has 17 heteroatoms. The van der Waals surface area contributed by atoms with Gasteiger partial charge in [0.1, 0.15) is 18.7 Å². The quantitative estimate of drug-likeness (QED) is 0.110. The summed E-state index contributed by atoms with van der Waals surface area (Å²) >= 11 is 7.69. The summed E-state index contributed by atoms with van der Waals surface area (Å²) in [6.07, 6.45) is 0.150. The van der Waals surface area contributed by atoms with Gasteiger partial charge in [0.25, 0.3) is 5.91 Å². The average molecular weight is 504 g/mol. The van der Waals surface area contributed by atoms with Crippen LogP contribution in [0.1, 0.15) is 5.69 Å². The van der Waals surface area contributed by atoms with E-state index >= 15 is 0 Å². The summed E-state index contributed by atoms with van der Waals surface area (Å²) in [6, 6.07) is -1.90. The molecule has 1 aromatic heterocycles. The second kappa shape index (κ2) is 10.7. The topological polar surface area (TPSA) is 180 Å². The van der Waals surface area contributed by atoms with Crippen LogP contribution in [0.15, 0.2) is 10.5 Å². The van der Waals surface area contributed by atoms with Crippen molar-refractivity contribution in [1.82, 2.24) is 14.6 Å². The maximum absolute atomic E-state index is 12.8. The molecule has 0 aliphatic carbocycles. The minimum absolute atomic E-state index is 0.0677. The van der Waals surface area contributed by atoms with Gasteiger partial charge in [0.2, 0.25) is 5.91 Å². The maximum atomic E-state index is 12.8. The Morgan fingerprint density at radius 1 is 1.50 bits per heavy atom. The van der Waals surface area contributed by atoms with E-state index < -0.39 is 40.4 Å². The van der Waals surface area contributed by atoms with Crippen molar-refractivity contribution in [3.8, 4) is 0 Å². The number of aromatic nitrogens is 1. The molecule has 3 atom stereocenters. The highest BCUT2D eigenvalue weighted by atomic mass is 35.5. The van der Waals surface area contributed by atoms with E-state index in [-0.39, 0.29) is 28.2 Å². The summed E-state index contributed by atoms with van der Waals surface area (Å²) in [5.41, 5.74) is -0.205. The molecule has 1 aliphatic rings. The molecular weight excluding hydrogens is 486 g/mol. The van der Waals surface area contributed by atoms with Crippen molar-refractivity contribution in [2.75, 3.05) is 30.3 Å². The predicted octanol–water partition coefficient (Wildman–Crippen LogP) is -0.179. The van der Waals surface area contributed by atoms with Gasteiger partial charge < -0.3 is 15.5 Å². The number of thioether (sulfide) groups is 1. The minimum Gasteiger partial charge on any atom is -0.398 e. The zero-order valence-corrected chi connectivity index (χ0v) is 18.7. The molecule has 3 unspecified atom stereocenters. The van der Waals surface area contributed by atoms with Crippen molar-refractivity contribution in [2.24, 2.45) is 5.16 Å². The van der Waals surface area contributed by atoms with Gasteiger partial charge in [-0.2, -0.15) is 20.2 Å². The zero-order chi connectivity index (χ0) is 22.5. The number of hydrogen-bond acceptors (Lipinski definition) is 11. The van der Waals surface area contributed by atoms with Crippen LogP contribution in [0.2, 0.25) is 0 Å². The molecule has 0 spiro atoms. The Hall–Kier alpha value is -1.53. The molecular formula is C13H18ClN5O8S3. The Bertz CT molecular complexity index is 910. The fraction of sp³-hybridized carbons (Fsp3) is 0.538. The van der Waals surface area contributed by atoms with E-state index in [9.17, 15) is 22.6 Å². The molecule has 168 valence electrons. The molecule has 0 radical (unpaired) electrons. The minimum atomic E-state index is -4.69. The molecule has 1 aromatic rings. The maximum Gasteiger partial charge on any atom is 0.338 e. The lowest BCUT2D eigenvalue weighted by Crippen LogP contribution is -2.76. The third-order valence-corrected chi connectivity index (χ3v) is 6.51. The second-order valence-electron chi connectivity index (χ2n) is 5.67. The van der Waals surface area contributed by atoms with E-state index in [2.05, 4.69) is 30.5 Å². The summed E-state index contributed by atoms with van der Waals surface area (Å²) in [7, 11) is -3.49. The highest BCUT2D eigenvalue weighted by molar-refractivity contribution is 7.98. The highest BCUT2D eigenvalue weighted by Crippen LogP contribution is 2.32. The largest absolute Gasteiger partial charge is 0.398 e. The second-order valence-corrected chi connectivity index (χ2v) is 9.02. The molecule has 2 heterocycles. The fourth-order valence-electron chi connectivity index (χ4n) is 2.63. The lowest BCUT2D eigenvalue weighted by atomic mass is 9.98. The van der Waals surface area contributed by atoms with Crippen LogP contribution in [-0.2, 0) is 29.6 Å². The number of carbonyl (C=O) groups excluding carboxylic acids is 2. The third-order valence-electron chi connectivity index (χ3n) is 3.82. The van der Waals surface area contributed by atoms with Crippen molar-refractivity contribution in [2.45, 2.75) is 18.3 Å². The van der Waals surface area contributed by atoms with Crippen molar-refractivity contribution in [1.29, 1.82) is 0 Å². The van der Waals surface area contributed by atoms with E-state index in [1.165, 1.54) is 24.3 Å². The van der Waals surface area contributed by atoms with Crippen LogP contribution in [0.25, 0.3) is 0 Å². The van der Waals surface area contributed by atoms with Crippen LogP contribution in [0.5, 0.6) is 0 Å². The van der Waals surface area contributed by atoms with Crippen molar-refractivity contribution < 1.29 is 37.5 Å². The number of nitrogens with one attached hydrogen (secondary N) is 2. The van der Waals surface area contributed by atoms with Gasteiger partial charge in [-0.15, -0.1) is 27.2 Å². The molecule has 0 saturated carbocycles. The zero-order valence-electron chi connectivity index (χ0n) is 15.5. The first kappa shape index (κ1) is 24.7. The van der Waals surface area contributed by atoms with E-state index in [0.29, 0.717) is 4.31 Å². The van der Waals surface area contributed by atoms with Gasteiger partial charge in [0.15, 0.2) is 17.1 Å². The number of rotatable bonds is 10. The summed E-state index contributed by atoms with van der Waals surface area (Å²) in [6.45, 7) is 0. The summed E-state index contributed by atoms with van der Waals surface area (Å²) in [4.78, 5) is 37.0. The smallest absolute Gasteiger partial charge is 0.338 e. The Kier molecular flexibility index (Phi) is 8.80. The SMILES string of the molecule is CO/N=C(\C(=O)NC1C(CSC)N(S(=O)(=O)O)C1OO)c1csc(NC(=O)CCl)n1. The first-order valence-electron chi connectivity index (χ1n) is 7.96. The monoisotopic (exact) mass is 503 g/mol. The Morgan fingerprint density at radius 3 is 2.73 bits per heavy atom. The van der Waals surface area contributed by atoms with Crippen LogP contribution in [0.4, 0.5) is 5.13 Å². The van der Waals surface area contributed by atoms with Crippen molar-refractivity contribution in [3.05, 3.63) is 11.1 Å². The molecule has 30 heavy (non-hydrogen) atoms. The molecule has 1 aliphatic heterocycles. The van der Waals surface area contributed by atoms with Crippen LogP contribution < -0.4 is 10.6 Å². The first-order chi connectivity index (χ1) is 14.2. The van der Waals surface area contributed by atoms with Crippen molar-refractivity contribution in [3.63, 3.8) is 0 Å². The van der Waals surface area contributed by atoms with Crippen molar-refractivity contribution >= 4 is 67.7 Å². The lowest BCUT2D eigenvalue weighted by molar-refractivity contribution is -0.338. The van der Waals surface area contributed by atoms with Gasteiger partial charge >= 0.3 is 10.3 Å². The summed E-state index contributed by atoms with van der Waals surface area (Å²) in [5.74, 6) is -1.40. The number of alkyl halides is 1. The van der Waals surface area contributed by atoms with Gasteiger partial charge in [0.05, 0.1) is 12.1 Å². The summed E-state index contributed by atoms with van der Waals surface area (Å²) < 4.78 is 33.0. The van der Waals surface area contributed by atoms with Crippen LogP contribution in [0.3, 0.4) is 0 Å². The van der Waals surface area contributed by atoms with Gasteiger partial charge in [-0.1, -0.05) is 5.16 Å². The average Bonchev–Trinajstić information content (AvgIpc) is 3.13.